The van der Waals surface area contributed by atoms with Gasteiger partial charge in [-0.15, -0.1) is 0 Å². The summed E-state index contributed by atoms with van der Waals surface area (Å²) < 4.78 is 20.0. The van der Waals surface area contributed by atoms with Gasteiger partial charge in [0.1, 0.15) is 12.1 Å². The highest BCUT2D eigenvalue weighted by Gasteiger charge is 2.41. The molecule has 3 aromatic rings. The van der Waals surface area contributed by atoms with E-state index in [-0.39, 0.29) is 11.9 Å². The van der Waals surface area contributed by atoms with Crippen LogP contribution in [0.4, 0.5) is 4.39 Å². The van der Waals surface area contributed by atoms with Crippen molar-refractivity contribution in [3.63, 3.8) is 0 Å². The lowest BCUT2D eigenvalue weighted by Crippen LogP contribution is -2.35. The summed E-state index contributed by atoms with van der Waals surface area (Å²) in [6.45, 7) is 1.90. The van der Waals surface area contributed by atoms with E-state index in [1.54, 1.807) is 18.5 Å². The summed E-state index contributed by atoms with van der Waals surface area (Å²) >= 11 is 0. The Kier molecular flexibility index (Phi) is 4.72. The van der Waals surface area contributed by atoms with Crippen LogP contribution in [0, 0.1) is 5.82 Å². The third-order valence-electron chi connectivity index (χ3n) is 6.60. The molecule has 0 bridgehead atoms. The highest BCUT2D eigenvalue weighted by atomic mass is 19.1. The number of benzene rings is 2. The molecule has 0 radical (unpaired) electrons. The van der Waals surface area contributed by atoms with Crippen LogP contribution < -0.4 is 0 Å². The fraction of sp³-hybridized carbons (Fsp3) is 0.375. The third-order valence-corrected chi connectivity index (χ3v) is 6.60. The molecule has 5 rings (SSSR count). The van der Waals surface area contributed by atoms with Gasteiger partial charge in [0.15, 0.2) is 0 Å². The van der Waals surface area contributed by atoms with E-state index in [1.165, 1.54) is 11.1 Å². The van der Waals surface area contributed by atoms with E-state index in [2.05, 4.69) is 59.2 Å². The second kappa shape index (κ2) is 7.39. The SMILES string of the molecule is CN(C)C1CN(C2CCc3cccc(F)c32)CC1c1ccc(-c2ncco2)cc1. The number of aromatic nitrogens is 1. The summed E-state index contributed by atoms with van der Waals surface area (Å²) in [4.78, 5) is 9.03. The molecular weight excluding hydrogens is 365 g/mol. The average molecular weight is 391 g/mol. The molecule has 4 nitrogen and oxygen atoms in total. The first kappa shape index (κ1) is 18.5. The van der Waals surface area contributed by atoms with Gasteiger partial charge < -0.3 is 9.32 Å². The van der Waals surface area contributed by atoms with Gasteiger partial charge in [0, 0.05) is 42.2 Å². The van der Waals surface area contributed by atoms with Crippen LogP contribution in [0.3, 0.4) is 0 Å². The van der Waals surface area contributed by atoms with Gasteiger partial charge in [-0.25, -0.2) is 9.37 Å². The van der Waals surface area contributed by atoms with Gasteiger partial charge >= 0.3 is 0 Å². The zero-order valence-electron chi connectivity index (χ0n) is 16.9. The average Bonchev–Trinajstić information content (AvgIpc) is 3.47. The zero-order chi connectivity index (χ0) is 20.0. The summed E-state index contributed by atoms with van der Waals surface area (Å²) in [6, 6.07) is 14.7. The third kappa shape index (κ3) is 3.28. The molecule has 5 heteroatoms. The molecule has 0 spiro atoms. The Hall–Kier alpha value is -2.50. The highest BCUT2D eigenvalue weighted by molar-refractivity contribution is 5.53. The van der Waals surface area contributed by atoms with Gasteiger partial charge in [0.05, 0.1) is 6.20 Å². The van der Waals surface area contributed by atoms with E-state index < -0.39 is 0 Å². The molecule has 0 amide bonds. The number of aryl methyl sites for hydroxylation is 1. The number of hydrogen-bond acceptors (Lipinski definition) is 4. The monoisotopic (exact) mass is 391 g/mol. The van der Waals surface area contributed by atoms with Crippen LogP contribution in [-0.4, -0.2) is 48.0 Å². The minimum Gasteiger partial charge on any atom is -0.445 e. The molecular formula is C24H26FN3O. The predicted molar refractivity (Wildman–Crippen MR) is 111 cm³/mol. The Bertz CT molecular complexity index is 984. The molecule has 0 N–H and O–H groups in total. The number of nitrogens with zero attached hydrogens (tertiary/aromatic N) is 3. The van der Waals surface area contributed by atoms with Crippen molar-refractivity contribution >= 4 is 0 Å². The van der Waals surface area contributed by atoms with E-state index in [0.29, 0.717) is 17.9 Å². The molecule has 1 aromatic heterocycles. The van der Waals surface area contributed by atoms with Crippen LogP contribution in [0.1, 0.15) is 35.1 Å². The van der Waals surface area contributed by atoms with Crippen molar-refractivity contribution in [2.24, 2.45) is 0 Å². The quantitative estimate of drug-likeness (QED) is 0.656. The largest absolute Gasteiger partial charge is 0.445 e. The number of fused-ring (bicyclic) bond motifs is 1. The molecule has 1 fully saturated rings. The highest BCUT2D eigenvalue weighted by Crippen LogP contribution is 2.42. The van der Waals surface area contributed by atoms with Crippen molar-refractivity contribution in [2.45, 2.75) is 30.8 Å². The predicted octanol–water partition coefficient (Wildman–Crippen LogP) is 4.50. The van der Waals surface area contributed by atoms with Gasteiger partial charge in [-0.05, 0) is 56.3 Å². The summed E-state index contributed by atoms with van der Waals surface area (Å²) in [5, 5.41) is 0. The summed E-state index contributed by atoms with van der Waals surface area (Å²) in [7, 11) is 4.29. The van der Waals surface area contributed by atoms with E-state index >= 15 is 0 Å². The molecule has 2 aliphatic rings. The molecule has 1 aliphatic heterocycles. The molecule has 3 unspecified atom stereocenters. The van der Waals surface area contributed by atoms with Gasteiger partial charge in [-0.2, -0.15) is 0 Å². The van der Waals surface area contributed by atoms with Crippen molar-refractivity contribution in [3.8, 4) is 11.5 Å². The second-order valence-corrected chi connectivity index (χ2v) is 8.42. The number of likely N-dealkylation sites (N-methyl/N-ethyl adjacent to an activating group) is 1. The van der Waals surface area contributed by atoms with Crippen LogP contribution in [0.5, 0.6) is 0 Å². The summed E-state index contributed by atoms with van der Waals surface area (Å²) in [6.07, 6.45) is 5.24. The molecule has 2 aromatic carbocycles. The lowest BCUT2D eigenvalue weighted by atomic mass is 9.93. The normalized spacial score (nSPS) is 24.3. The fourth-order valence-electron chi connectivity index (χ4n) is 5.14. The van der Waals surface area contributed by atoms with Crippen LogP contribution in [0.15, 0.2) is 59.3 Å². The molecule has 150 valence electrons. The topological polar surface area (TPSA) is 32.5 Å². The molecule has 3 atom stereocenters. The van der Waals surface area contributed by atoms with Gasteiger partial charge in [0.2, 0.25) is 5.89 Å². The standard InChI is InChI=1S/C24H26FN3O/c1-27(2)22-15-28(21-11-10-17-4-3-5-20(25)23(17)21)14-19(22)16-6-8-18(9-7-16)24-26-12-13-29-24/h3-9,12-13,19,21-22H,10-11,14-15H2,1-2H3. The number of oxazole rings is 1. The number of rotatable bonds is 4. The first-order valence-electron chi connectivity index (χ1n) is 10.3. The second-order valence-electron chi connectivity index (χ2n) is 8.42. The van der Waals surface area contributed by atoms with E-state index in [4.69, 9.17) is 4.42 Å². The fourth-order valence-corrected chi connectivity index (χ4v) is 5.14. The van der Waals surface area contributed by atoms with Crippen LogP contribution in [-0.2, 0) is 6.42 Å². The Balaban J connectivity index is 1.41. The molecule has 0 saturated carbocycles. The number of likely N-dealkylation sites (tertiary alicyclic amines) is 1. The maximum absolute atomic E-state index is 14.6. The minimum atomic E-state index is -0.0508. The smallest absolute Gasteiger partial charge is 0.225 e. The lowest BCUT2D eigenvalue weighted by Gasteiger charge is -2.26. The first-order valence-corrected chi connectivity index (χ1v) is 10.3. The molecule has 2 heterocycles. The molecule has 1 saturated heterocycles. The van der Waals surface area contributed by atoms with Crippen molar-refractivity contribution in [1.82, 2.24) is 14.8 Å². The first-order chi connectivity index (χ1) is 14.1. The van der Waals surface area contributed by atoms with Crippen LogP contribution in [0.2, 0.25) is 0 Å². The Morgan fingerprint density at radius 2 is 1.93 bits per heavy atom. The number of hydrogen-bond donors (Lipinski definition) is 0. The maximum Gasteiger partial charge on any atom is 0.225 e. The Morgan fingerprint density at radius 3 is 2.66 bits per heavy atom. The number of halogens is 1. The molecule has 29 heavy (non-hydrogen) atoms. The zero-order valence-corrected chi connectivity index (χ0v) is 16.9. The maximum atomic E-state index is 14.6. The van der Waals surface area contributed by atoms with Gasteiger partial charge in [0.25, 0.3) is 0 Å². The van der Waals surface area contributed by atoms with Crippen molar-refractivity contribution < 1.29 is 8.81 Å². The summed E-state index contributed by atoms with van der Waals surface area (Å²) in [5.74, 6) is 0.983. The van der Waals surface area contributed by atoms with Gasteiger partial charge in [-0.1, -0.05) is 24.3 Å². The van der Waals surface area contributed by atoms with Gasteiger partial charge in [-0.3, -0.25) is 4.90 Å². The summed E-state index contributed by atoms with van der Waals surface area (Å²) in [5.41, 5.74) is 4.40. The lowest BCUT2D eigenvalue weighted by molar-refractivity contribution is 0.213. The molecule has 1 aliphatic carbocycles. The van der Waals surface area contributed by atoms with Crippen molar-refractivity contribution in [3.05, 3.63) is 77.4 Å². The van der Waals surface area contributed by atoms with E-state index in [9.17, 15) is 4.39 Å². The Labute approximate surface area is 171 Å². The van der Waals surface area contributed by atoms with Crippen molar-refractivity contribution in [2.75, 3.05) is 27.2 Å². The van der Waals surface area contributed by atoms with E-state index in [1.807, 2.05) is 6.07 Å². The van der Waals surface area contributed by atoms with Crippen LogP contribution in [0.25, 0.3) is 11.5 Å². The Morgan fingerprint density at radius 1 is 1.10 bits per heavy atom. The van der Waals surface area contributed by atoms with Crippen LogP contribution >= 0.6 is 0 Å². The van der Waals surface area contributed by atoms with Crippen molar-refractivity contribution in [1.29, 1.82) is 0 Å². The van der Waals surface area contributed by atoms with E-state index in [0.717, 1.165) is 37.1 Å². The minimum absolute atomic E-state index is 0.0508.